The highest BCUT2D eigenvalue weighted by atomic mass is 32.2. The Morgan fingerprint density at radius 1 is 0.892 bits per heavy atom. The van der Waals surface area contributed by atoms with Gasteiger partial charge in [0, 0.05) is 32.1 Å². The highest BCUT2D eigenvalue weighted by molar-refractivity contribution is 7.89. The van der Waals surface area contributed by atoms with Gasteiger partial charge >= 0.3 is 0 Å². The average molecular weight is 554 g/mol. The van der Waals surface area contributed by atoms with E-state index in [9.17, 15) is 26.0 Å². The number of hydrogen-bond donors (Lipinski definition) is 1. The lowest BCUT2D eigenvalue weighted by Gasteiger charge is -2.30. The number of nitrogens with zero attached hydrogens (tertiary/aromatic N) is 2. The lowest BCUT2D eigenvalue weighted by molar-refractivity contribution is -0.126. The van der Waals surface area contributed by atoms with E-state index >= 15 is 0 Å². The SMILES string of the molecule is O=C(NCCOc1ccc(S(=O)(=O)N2CCCC2)cc1)C1CCN(S(=O)(=O)Cc2ccc(F)cc2)CC1. The van der Waals surface area contributed by atoms with E-state index in [-0.39, 0.29) is 48.7 Å². The maximum absolute atomic E-state index is 13.1. The van der Waals surface area contributed by atoms with E-state index in [0.29, 0.717) is 37.2 Å². The van der Waals surface area contributed by atoms with Gasteiger partial charge in [0.05, 0.1) is 17.2 Å². The topological polar surface area (TPSA) is 113 Å². The number of piperidine rings is 1. The molecule has 0 unspecified atom stereocenters. The Balaban J connectivity index is 1.17. The molecule has 0 aromatic heterocycles. The van der Waals surface area contributed by atoms with Crippen molar-refractivity contribution in [2.24, 2.45) is 5.92 Å². The summed E-state index contributed by atoms with van der Waals surface area (Å²) in [6.45, 7) is 2.09. The number of hydrogen-bond acceptors (Lipinski definition) is 6. The molecule has 0 saturated carbocycles. The smallest absolute Gasteiger partial charge is 0.243 e. The Morgan fingerprint density at radius 3 is 2.14 bits per heavy atom. The molecule has 2 aromatic carbocycles. The molecule has 1 amide bonds. The van der Waals surface area contributed by atoms with Crippen molar-refractivity contribution in [2.45, 2.75) is 36.3 Å². The van der Waals surface area contributed by atoms with E-state index in [0.717, 1.165) is 12.8 Å². The van der Waals surface area contributed by atoms with Crippen LogP contribution in [0.2, 0.25) is 0 Å². The van der Waals surface area contributed by atoms with Gasteiger partial charge in [-0.05, 0) is 67.6 Å². The third-order valence-electron chi connectivity index (χ3n) is 6.68. The molecule has 37 heavy (non-hydrogen) atoms. The zero-order valence-corrected chi connectivity index (χ0v) is 22.1. The molecule has 9 nitrogen and oxygen atoms in total. The van der Waals surface area contributed by atoms with Gasteiger partial charge in [-0.2, -0.15) is 4.31 Å². The number of halogens is 1. The molecule has 0 aliphatic carbocycles. The fraction of sp³-hybridized carbons (Fsp3) is 0.480. The van der Waals surface area contributed by atoms with Crippen molar-refractivity contribution < 1.29 is 30.8 Å². The van der Waals surface area contributed by atoms with Crippen molar-refractivity contribution >= 4 is 26.0 Å². The normalized spacial score (nSPS) is 18.1. The second kappa shape index (κ2) is 11.9. The van der Waals surface area contributed by atoms with Crippen LogP contribution >= 0.6 is 0 Å². The summed E-state index contributed by atoms with van der Waals surface area (Å²) in [4.78, 5) is 12.8. The minimum atomic E-state index is -3.55. The molecule has 4 rings (SSSR count). The van der Waals surface area contributed by atoms with Crippen LogP contribution in [0, 0.1) is 11.7 Å². The molecule has 2 aliphatic heterocycles. The molecular formula is C25H32FN3O6S2. The molecule has 2 heterocycles. The maximum atomic E-state index is 13.1. The van der Waals surface area contributed by atoms with Crippen LogP contribution in [0.4, 0.5) is 4.39 Å². The molecule has 2 fully saturated rings. The summed E-state index contributed by atoms with van der Waals surface area (Å²) in [6, 6.07) is 11.7. The fourth-order valence-corrected chi connectivity index (χ4v) is 7.63. The van der Waals surface area contributed by atoms with Crippen molar-refractivity contribution in [1.29, 1.82) is 0 Å². The average Bonchev–Trinajstić information content (AvgIpc) is 3.44. The summed E-state index contributed by atoms with van der Waals surface area (Å²) < 4.78 is 72.1. The zero-order valence-electron chi connectivity index (χ0n) is 20.5. The predicted octanol–water partition coefficient (Wildman–Crippen LogP) is 2.35. The van der Waals surface area contributed by atoms with Gasteiger partial charge in [0.15, 0.2) is 0 Å². The van der Waals surface area contributed by atoms with E-state index in [1.54, 1.807) is 12.1 Å². The summed E-state index contributed by atoms with van der Waals surface area (Å²) in [6.07, 6.45) is 2.59. The van der Waals surface area contributed by atoms with E-state index in [2.05, 4.69) is 5.32 Å². The van der Waals surface area contributed by atoms with Gasteiger partial charge in [0.25, 0.3) is 0 Å². The molecule has 0 spiro atoms. The highest BCUT2D eigenvalue weighted by Crippen LogP contribution is 2.24. The Morgan fingerprint density at radius 2 is 1.51 bits per heavy atom. The Labute approximate surface area is 217 Å². The number of carbonyl (C=O) groups is 1. The summed E-state index contributed by atoms with van der Waals surface area (Å²) >= 11 is 0. The number of nitrogens with one attached hydrogen (secondary N) is 1. The zero-order chi connectivity index (χ0) is 26.5. The van der Waals surface area contributed by atoms with Crippen molar-refractivity contribution in [3.8, 4) is 5.75 Å². The number of sulfonamides is 2. The first-order chi connectivity index (χ1) is 17.6. The number of ether oxygens (including phenoxy) is 1. The fourth-order valence-electron chi connectivity index (χ4n) is 4.55. The second-order valence-corrected chi connectivity index (χ2v) is 13.2. The van der Waals surface area contributed by atoms with Crippen LogP contribution in [0.1, 0.15) is 31.2 Å². The van der Waals surface area contributed by atoms with Crippen molar-refractivity contribution in [3.63, 3.8) is 0 Å². The lowest BCUT2D eigenvalue weighted by atomic mass is 9.97. The molecule has 12 heteroatoms. The predicted molar refractivity (Wildman–Crippen MR) is 136 cm³/mol. The highest BCUT2D eigenvalue weighted by Gasteiger charge is 2.31. The number of carbonyl (C=O) groups excluding carboxylic acids is 1. The van der Waals surface area contributed by atoms with Crippen LogP contribution in [-0.4, -0.2) is 70.7 Å². The summed E-state index contributed by atoms with van der Waals surface area (Å²) in [5.74, 6) is -0.542. The first-order valence-corrected chi connectivity index (χ1v) is 15.4. The molecule has 0 radical (unpaired) electrons. The van der Waals surface area contributed by atoms with E-state index in [1.165, 1.54) is 45.0 Å². The number of amides is 1. The largest absolute Gasteiger partial charge is 0.492 e. The molecular weight excluding hydrogens is 521 g/mol. The van der Waals surface area contributed by atoms with Gasteiger partial charge in [0.1, 0.15) is 18.2 Å². The van der Waals surface area contributed by atoms with Crippen LogP contribution in [0.3, 0.4) is 0 Å². The van der Waals surface area contributed by atoms with Gasteiger partial charge in [0.2, 0.25) is 26.0 Å². The van der Waals surface area contributed by atoms with Crippen LogP contribution < -0.4 is 10.1 Å². The first-order valence-electron chi connectivity index (χ1n) is 12.4. The van der Waals surface area contributed by atoms with Crippen LogP contribution in [0.15, 0.2) is 53.4 Å². The van der Waals surface area contributed by atoms with Gasteiger partial charge in [-0.25, -0.2) is 25.5 Å². The molecule has 0 atom stereocenters. The molecule has 2 saturated heterocycles. The van der Waals surface area contributed by atoms with E-state index < -0.39 is 25.9 Å². The Hall–Kier alpha value is -2.54. The van der Waals surface area contributed by atoms with Crippen molar-refractivity contribution in [3.05, 3.63) is 59.9 Å². The second-order valence-electron chi connectivity index (χ2n) is 9.28. The molecule has 0 bridgehead atoms. The third kappa shape index (κ3) is 7.07. The van der Waals surface area contributed by atoms with Gasteiger partial charge in [-0.3, -0.25) is 4.79 Å². The van der Waals surface area contributed by atoms with Gasteiger partial charge in [-0.15, -0.1) is 0 Å². The standard InChI is InChI=1S/C25H32FN3O6S2/c26-22-5-3-20(4-6-22)19-36(31,32)28-16-11-21(12-17-28)25(30)27-13-18-35-23-7-9-24(10-8-23)37(33,34)29-14-1-2-15-29/h3-10,21H,1-2,11-19H2,(H,27,30). The van der Waals surface area contributed by atoms with Gasteiger partial charge < -0.3 is 10.1 Å². The summed E-state index contributed by atoms with van der Waals surface area (Å²) in [7, 11) is -7.02. The lowest BCUT2D eigenvalue weighted by Crippen LogP contribution is -2.43. The minimum absolute atomic E-state index is 0.147. The number of rotatable bonds is 10. The summed E-state index contributed by atoms with van der Waals surface area (Å²) in [5.41, 5.74) is 0.518. The quantitative estimate of drug-likeness (QED) is 0.452. The monoisotopic (exact) mass is 553 g/mol. The third-order valence-corrected chi connectivity index (χ3v) is 10.4. The van der Waals surface area contributed by atoms with Crippen LogP contribution in [0.25, 0.3) is 0 Å². The van der Waals surface area contributed by atoms with E-state index in [4.69, 9.17) is 4.74 Å². The molecule has 2 aromatic rings. The van der Waals surface area contributed by atoms with Crippen LogP contribution in [-0.2, 0) is 30.6 Å². The number of benzene rings is 2. The molecule has 202 valence electrons. The van der Waals surface area contributed by atoms with Crippen molar-refractivity contribution in [2.75, 3.05) is 39.3 Å². The van der Waals surface area contributed by atoms with Gasteiger partial charge in [-0.1, -0.05) is 12.1 Å². The van der Waals surface area contributed by atoms with Crippen molar-refractivity contribution in [1.82, 2.24) is 13.9 Å². The molecule has 2 aliphatic rings. The molecule has 1 N–H and O–H groups in total. The maximum Gasteiger partial charge on any atom is 0.243 e. The Kier molecular flexibility index (Phi) is 8.83. The first kappa shape index (κ1) is 27.5. The Bertz CT molecular complexity index is 1270. The minimum Gasteiger partial charge on any atom is -0.492 e. The van der Waals surface area contributed by atoms with Crippen LogP contribution in [0.5, 0.6) is 5.75 Å². The van der Waals surface area contributed by atoms with E-state index in [1.807, 2.05) is 0 Å². The summed E-state index contributed by atoms with van der Waals surface area (Å²) in [5, 5.41) is 2.82.